The number of alkyl halides is 3. The van der Waals surface area contributed by atoms with E-state index >= 15 is 0 Å². The van der Waals surface area contributed by atoms with Crippen molar-refractivity contribution in [3.8, 4) is 0 Å². The van der Waals surface area contributed by atoms with Crippen LogP contribution in [0.3, 0.4) is 0 Å². The van der Waals surface area contributed by atoms with Crippen molar-refractivity contribution in [2.75, 3.05) is 5.32 Å². The first-order valence-corrected chi connectivity index (χ1v) is 7.53. The van der Waals surface area contributed by atoms with Crippen LogP contribution in [0.4, 0.5) is 23.2 Å². The molecule has 1 aliphatic rings. The third-order valence-corrected chi connectivity index (χ3v) is 4.06. The van der Waals surface area contributed by atoms with Gasteiger partial charge >= 0.3 is 6.18 Å². The van der Waals surface area contributed by atoms with Gasteiger partial charge < -0.3 is 5.32 Å². The van der Waals surface area contributed by atoms with E-state index in [1.807, 2.05) is 0 Å². The number of anilines is 1. The number of fused-ring (bicyclic) bond motifs is 1. The number of amides is 1. The molecular weight excluding hydrogens is 425 g/mol. The van der Waals surface area contributed by atoms with E-state index in [1.165, 1.54) is 0 Å². The number of benzene rings is 2. The molecule has 2 aromatic carbocycles. The summed E-state index contributed by atoms with van der Waals surface area (Å²) in [6, 6.07) is 7.30. The highest BCUT2D eigenvalue weighted by molar-refractivity contribution is 14.1. The molecule has 3 rings (SSSR count). The second-order valence-corrected chi connectivity index (χ2v) is 6.18. The fourth-order valence-corrected chi connectivity index (χ4v) is 2.78. The first-order valence-electron chi connectivity index (χ1n) is 6.45. The van der Waals surface area contributed by atoms with Crippen LogP contribution in [0.5, 0.6) is 0 Å². The summed E-state index contributed by atoms with van der Waals surface area (Å²) in [5, 5.41) is 2.60. The van der Waals surface area contributed by atoms with Gasteiger partial charge in [-0.25, -0.2) is 4.39 Å². The van der Waals surface area contributed by atoms with Crippen LogP contribution in [0, 0.1) is 9.39 Å². The van der Waals surface area contributed by atoms with Crippen LogP contribution < -0.4 is 5.32 Å². The van der Waals surface area contributed by atoms with E-state index in [9.17, 15) is 22.4 Å². The van der Waals surface area contributed by atoms with Gasteiger partial charge in [0, 0.05) is 26.0 Å². The molecule has 0 unspecified atom stereocenters. The van der Waals surface area contributed by atoms with Crippen molar-refractivity contribution < 1.29 is 22.4 Å². The maximum absolute atomic E-state index is 13.8. The minimum absolute atomic E-state index is 0.136. The Labute approximate surface area is 142 Å². The van der Waals surface area contributed by atoms with E-state index in [-0.39, 0.29) is 11.1 Å². The zero-order valence-corrected chi connectivity index (χ0v) is 13.5. The van der Waals surface area contributed by atoms with Crippen molar-refractivity contribution in [2.45, 2.75) is 6.18 Å². The highest BCUT2D eigenvalue weighted by Gasteiger charge is 2.31. The van der Waals surface area contributed by atoms with E-state index < -0.39 is 23.5 Å². The van der Waals surface area contributed by atoms with Gasteiger partial charge in [-0.2, -0.15) is 13.2 Å². The third-order valence-electron chi connectivity index (χ3n) is 3.39. The average molecular weight is 433 g/mol. The lowest BCUT2D eigenvalue weighted by Gasteiger charge is -2.08. The first-order chi connectivity index (χ1) is 10.8. The molecule has 0 aliphatic carbocycles. The van der Waals surface area contributed by atoms with Crippen molar-refractivity contribution in [2.24, 2.45) is 0 Å². The van der Waals surface area contributed by atoms with Gasteiger partial charge in [0.05, 0.1) is 5.56 Å². The Morgan fingerprint density at radius 3 is 2.52 bits per heavy atom. The molecule has 0 spiro atoms. The molecule has 118 valence electrons. The molecule has 0 aromatic heterocycles. The van der Waals surface area contributed by atoms with Crippen LogP contribution in [-0.2, 0) is 11.0 Å². The lowest BCUT2D eigenvalue weighted by Crippen LogP contribution is -2.06. The van der Waals surface area contributed by atoms with Crippen molar-refractivity contribution in [1.82, 2.24) is 0 Å². The Bertz CT molecular complexity index is 842. The largest absolute Gasteiger partial charge is 0.416 e. The van der Waals surface area contributed by atoms with Gasteiger partial charge in [0.1, 0.15) is 5.82 Å². The molecule has 0 saturated carbocycles. The number of rotatable bonds is 1. The standard InChI is InChI=1S/C16H8F4INO/c17-13-3-1-9(16(18,19)20)5-8(13)6-12-11-7-10(21)2-4-14(11)22-15(12)23/h1-7H,(H,22,23). The second kappa shape index (κ2) is 5.63. The quantitative estimate of drug-likeness (QED) is 0.386. The molecule has 1 N–H and O–H groups in total. The predicted molar refractivity (Wildman–Crippen MR) is 87.1 cm³/mol. The molecule has 1 aliphatic heterocycles. The highest BCUT2D eigenvalue weighted by Crippen LogP contribution is 2.36. The monoisotopic (exact) mass is 433 g/mol. The number of nitrogens with one attached hydrogen (secondary N) is 1. The summed E-state index contributed by atoms with van der Waals surface area (Å²) in [7, 11) is 0. The Hall–Kier alpha value is -1.90. The van der Waals surface area contributed by atoms with Gasteiger partial charge in [0.25, 0.3) is 5.91 Å². The minimum atomic E-state index is -4.58. The average Bonchev–Trinajstić information content (AvgIpc) is 2.76. The second-order valence-electron chi connectivity index (χ2n) is 4.94. The molecule has 2 nitrogen and oxygen atoms in total. The number of halogens is 5. The van der Waals surface area contributed by atoms with Gasteiger partial charge in [-0.3, -0.25) is 4.79 Å². The molecule has 0 bridgehead atoms. The Morgan fingerprint density at radius 2 is 1.83 bits per heavy atom. The summed E-state index contributed by atoms with van der Waals surface area (Å²) < 4.78 is 53.0. The number of hydrogen-bond acceptors (Lipinski definition) is 1. The van der Waals surface area contributed by atoms with Crippen molar-refractivity contribution >= 4 is 45.8 Å². The lowest BCUT2D eigenvalue weighted by molar-refractivity contribution is -0.137. The van der Waals surface area contributed by atoms with Crippen LogP contribution in [0.1, 0.15) is 16.7 Å². The minimum Gasteiger partial charge on any atom is -0.321 e. The van der Waals surface area contributed by atoms with E-state index in [0.29, 0.717) is 23.4 Å². The van der Waals surface area contributed by atoms with E-state index in [2.05, 4.69) is 27.9 Å². The SMILES string of the molecule is O=C1Nc2ccc(I)cc2C1=Cc1cc(C(F)(F)F)ccc1F. The molecule has 0 atom stereocenters. The van der Waals surface area contributed by atoms with Gasteiger partial charge in [0.2, 0.25) is 0 Å². The summed E-state index contributed by atoms with van der Waals surface area (Å²) in [6.45, 7) is 0. The Balaban J connectivity index is 2.13. The molecule has 0 saturated heterocycles. The van der Waals surface area contributed by atoms with Crippen LogP contribution >= 0.6 is 22.6 Å². The van der Waals surface area contributed by atoms with Crippen molar-refractivity contribution in [3.05, 3.63) is 62.5 Å². The zero-order chi connectivity index (χ0) is 16.8. The molecule has 0 fully saturated rings. The third kappa shape index (κ3) is 3.10. The van der Waals surface area contributed by atoms with Crippen molar-refractivity contribution in [3.63, 3.8) is 0 Å². The topological polar surface area (TPSA) is 29.1 Å². The smallest absolute Gasteiger partial charge is 0.321 e. The van der Waals surface area contributed by atoms with Crippen LogP contribution in [0.2, 0.25) is 0 Å². The number of carbonyl (C=O) groups is 1. The molecule has 7 heteroatoms. The van der Waals surface area contributed by atoms with Crippen LogP contribution in [0.15, 0.2) is 36.4 Å². The molecular formula is C16H8F4INO. The fraction of sp³-hybridized carbons (Fsp3) is 0.0625. The van der Waals surface area contributed by atoms with E-state index in [1.54, 1.807) is 18.2 Å². The lowest BCUT2D eigenvalue weighted by atomic mass is 10.0. The van der Waals surface area contributed by atoms with Crippen LogP contribution in [-0.4, -0.2) is 5.91 Å². The van der Waals surface area contributed by atoms with E-state index in [0.717, 1.165) is 15.7 Å². The molecule has 0 radical (unpaired) electrons. The predicted octanol–water partition coefficient (Wildman–Crippen LogP) is 4.94. The van der Waals surface area contributed by atoms with Crippen LogP contribution in [0.25, 0.3) is 11.6 Å². The summed E-state index contributed by atoms with van der Waals surface area (Å²) in [5.74, 6) is -1.30. The molecule has 1 heterocycles. The number of hydrogen-bond donors (Lipinski definition) is 1. The molecule has 2 aromatic rings. The molecule has 1 amide bonds. The van der Waals surface area contributed by atoms with Gasteiger partial charge in [-0.05, 0) is 65.1 Å². The van der Waals surface area contributed by atoms with Crippen molar-refractivity contribution in [1.29, 1.82) is 0 Å². The maximum atomic E-state index is 13.8. The van der Waals surface area contributed by atoms with Gasteiger partial charge in [0.15, 0.2) is 0 Å². The zero-order valence-electron chi connectivity index (χ0n) is 11.3. The summed E-state index contributed by atoms with van der Waals surface area (Å²) >= 11 is 2.05. The molecule has 23 heavy (non-hydrogen) atoms. The summed E-state index contributed by atoms with van der Waals surface area (Å²) in [5.41, 5.74) is -0.0202. The first kappa shape index (κ1) is 16.0. The Morgan fingerprint density at radius 1 is 1.09 bits per heavy atom. The van der Waals surface area contributed by atoms with Gasteiger partial charge in [-0.1, -0.05) is 0 Å². The normalized spacial score (nSPS) is 15.7. The summed E-state index contributed by atoms with van der Waals surface area (Å²) in [4.78, 5) is 12.0. The Kier molecular flexibility index (Phi) is 3.91. The number of carbonyl (C=O) groups excluding carboxylic acids is 1. The van der Waals surface area contributed by atoms with Gasteiger partial charge in [-0.15, -0.1) is 0 Å². The maximum Gasteiger partial charge on any atom is 0.416 e. The van der Waals surface area contributed by atoms with E-state index in [4.69, 9.17) is 0 Å². The highest BCUT2D eigenvalue weighted by atomic mass is 127. The fourth-order valence-electron chi connectivity index (χ4n) is 2.29. The summed E-state index contributed by atoms with van der Waals surface area (Å²) in [6.07, 6.45) is -3.44.